The van der Waals surface area contributed by atoms with E-state index in [0.29, 0.717) is 42.4 Å². The standard InChI is InChI=1S/C26H31N5O5/c1-16-18-15-28-25(27)17(18)9-10-19(16)29-26(36)22(33)14-24(35)31(12-13-32)21-7-3-2-6-20(21)30-11-5-4-8-23(30)34/h2-3,6-7,9-10,22,32-33H,4-5,8,11-15H2,1H3,(H2,27,28)(H,29,36)/p+1/t22-/m1/s1. The average molecular weight is 495 g/mol. The van der Waals surface area contributed by atoms with Crippen LogP contribution >= 0.6 is 0 Å². The van der Waals surface area contributed by atoms with Crippen molar-refractivity contribution in [2.75, 3.05) is 34.8 Å². The van der Waals surface area contributed by atoms with Crippen molar-refractivity contribution in [3.63, 3.8) is 0 Å². The lowest BCUT2D eigenvalue weighted by Crippen LogP contribution is -2.41. The summed E-state index contributed by atoms with van der Waals surface area (Å²) in [6.45, 7) is 2.82. The van der Waals surface area contributed by atoms with Crippen LogP contribution in [0.2, 0.25) is 0 Å². The number of amides is 3. The predicted octanol–water partition coefficient (Wildman–Crippen LogP) is 1.18. The summed E-state index contributed by atoms with van der Waals surface area (Å²) in [7, 11) is 0. The zero-order chi connectivity index (χ0) is 25.8. The minimum absolute atomic E-state index is 0.0109. The number of hydrogen-bond donors (Lipinski definition) is 3. The molecule has 0 bridgehead atoms. The first-order valence-electron chi connectivity index (χ1n) is 12.1. The number of rotatable bonds is 8. The third-order valence-corrected chi connectivity index (χ3v) is 6.63. The summed E-state index contributed by atoms with van der Waals surface area (Å²) in [4.78, 5) is 45.8. The molecule has 6 N–H and O–H groups in total. The van der Waals surface area contributed by atoms with Gasteiger partial charge in [0.15, 0.2) is 6.61 Å². The summed E-state index contributed by atoms with van der Waals surface area (Å²) in [5.41, 5.74) is 10.0. The van der Waals surface area contributed by atoms with E-state index in [1.807, 2.05) is 6.92 Å². The van der Waals surface area contributed by atoms with E-state index in [0.717, 1.165) is 29.5 Å². The Balaban J connectivity index is 1.49. The fourth-order valence-corrected chi connectivity index (χ4v) is 4.64. The van der Waals surface area contributed by atoms with Gasteiger partial charge in [0.1, 0.15) is 11.9 Å². The Bertz CT molecular complexity index is 1210. The number of benzene rings is 2. The van der Waals surface area contributed by atoms with Crippen molar-refractivity contribution in [1.29, 1.82) is 0 Å². The van der Waals surface area contributed by atoms with Crippen LogP contribution in [0.25, 0.3) is 0 Å². The van der Waals surface area contributed by atoms with Crippen molar-refractivity contribution in [3.8, 4) is 0 Å². The van der Waals surface area contributed by atoms with E-state index in [1.54, 1.807) is 41.3 Å². The van der Waals surface area contributed by atoms with Crippen molar-refractivity contribution in [2.24, 2.45) is 10.7 Å². The average Bonchev–Trinajstić information content (AvgIpc) is 3.25. The third-order valence-electron chi connectivity index (χ3n) is 6.63. The number of para-hydroxylation sites is 2. The topological polar surface area (TPSA) is 151 Å². The first kappa shape index (κ1) is 25.3. The van der Waals surface area contributed by atoms with Gasteiger partial charge in [-0.15, -0.1) is 0 Å². The van der Waals surface area contributed by atoms with E-state index in [2.05, 4.69) is 10.3 Å². The van der Waals surface area contributed by atoms with Gasteiger partial charge in [-0.2, -0.15) is 0 Å². The Hall–Kier alpha value is -3.76. The molecular weight excluding hydrogens is 462 g/mol. The first-order valence-corrected chi connectivity index (χ1v) is 12.1. The van der Waals surface area contributed by atoms with E-state index in [4.69, 9.17) is 10.8 Å². The number of fused-ring (bicyclic) bond motifs is 1. The van der Waals surface area contributed by atoms with Crippen LogP contribution in [-0.2, 0) is 20.9 Å². The van der Waals surface area contributed by atoms with Gasteiger partial charge in [0.05, 0.1) is 30.9 Å². The normalized spacial score (nSPS) is 15.8. The Morgan fingerprint density at radius 3 is 2.78 bits per heavy atom. The summed E-state index contributed by atoms with van der Waals surface area (Å²) < 4.78 is 0. The van der Waals surface area contributed by atoms with Crippen LogP contribution in [-0.4, -0.2) is 59.6 Å². The highest BCUT2D eigenvalue weighted by Gasteiger charge is 2.29. The number of aliphatic imine (C=N–C) groups is 1. The third kappa shape index (κ3) is 5.09. The van der Waals surface area contributed by atoms with Crippen LogP contribution in [0.1, 0.15) is 42.4 Å². The number of nitrogens with one attached hydrogen (secondary N) is 1. The van der Waals surface area contributed by atoms with E-state index >= 15 is 0 Å². The molecule has 2 aliphatic rings. The van der Waals surface area contributed by atoms with E-state index in [9.17, 15) is 19.5 Å². The van der Waals surface area contributed by atoms with Crippen LogP contribution in [0, 0.1) is 6.92 Å². The number of aliphatic hydroxyl groups excluding tert-OH is 1. The number of nitrogens with zero attached hydrogens (tertiary/aromatic N) is 3. The molecule has 2 heterocycles. The highest BCUT2D eigenvalue weighted by atomic mass is 16.3. The highest BCUT2D eigenvalue weighted by Crippen LogP contribution is 2.32. The maximum atomic E-state index is 13.2. The molecule has 2 aromatic carbocycles. The van der Waals surface area contributed by atoms with Gasteiger partial charge in [-0.3, -0.25) is 19.4 Å². The van der Waals surface area contributed by atoms with Gasteiger partial charge in [0, 0.05) is 24.2 Å². The number of anilines is 3. The van der Waals surface area contributed by atoms with Gasteiger partial charge in [-0.25, -0.2) is 0 Å². The molecule has 1 fully saturated rings. The fraction of sp³-hybridized carbons (Fsp3) is 0.385. The number of nitrogens with two attached hydrogens (primary N) is 1. The Labute approximate surface area is 209 Å². The van der Waals surface area contributed by atoms with Gasteiger partial charge in [-0.05, 0) is 55.2 Å². The van der Waals surface area contributed by atoms with E-state index < -0.39 is 24.3 Å². The highest BCUT2D eigenvalue weighted by molar-refractivity contribution is 6.05. The van der Waals surface area contributed by atoms with Gasteiger partial charge in [0.2, 0.25) is 11.8 Å². The van der Waals surface area contributed by atoms with Crippen molar-refractivity contribution in [3.05, 3.63) is 53.1 Å². The maximum absolute atomic E-state index is 13.2. The lowest BCUT2D eigenvalue weighted by molar-refractivity contribution is -0.129. The van der Waals surface area contributed by atoms with Crippen molar-refractivity contribution >= 4 is 40.6 Å². The fourth-order valence-electron chi connectivity index (χ4n) is 4.64. The molecule has 10 nitrogen and oxygen atoms in total. The van der Waals surface area contributed by atoms with Gasteiger partial charge in [-0.1, -0.05) is 12.1 Å². The van der Waals surface area contributed by atoms with Gasteiger partial charge in [0.25, 0.3) is 5.91 Å². The quantitative estimate of drug-likeness (QED) is 0.471. The summed E-state index contributed by atoms with van der Waals surface area (Å²) in [6.07, 6.45) is 0.0856. The number of aliphatic hydroxyl groups is 1. The Kier molecular flexibility index (Phi) is 7.66. The molecule has 3 amide bonds. The van der Waals surface area contributed by atoms with Crippen molar-refractivity contribution < 1.29 is 24.6 Å². The molecular formula is C26H32N5O5+. The van der Waals surface area contributed by atoms with Crippen molar-refractivity contribution in [1.82, 2.24) is 0 Å². The summed E-state index contributed by atoms with van der Waals surface area (Å²) >= 11 is 0. The zero-order valence-corrected chi connectivity index (χ0v) is 20.3. The first-order chi connectivity index (χ1) is 17.3. The molecule has 2 aromatic rings. The number of carbonyl (C=O) groups is 3. The van der Waals surface area contributed by atoms with Crippen LogP contribution in [0.15, 0.2) is 41.4 Å². The summed E-state index contributed by atoms with van der Waals surface area (Å²) in [5, 5.41) is 21.0. The van der Waals surface area contributed by atoms with Gasteiger partial charge < -0.3 is 31.1 Å². The van der Waals surface area contributed by atoms with Gasteiger partial charge >= 0.3 is 0 Å². The molecule has 0 aromatic heterocycles. The van der Waals surface area contributed by atoms with E-state index in [-0.39, 0.29) is 19.1 Å². The van der Waals surface area contributed by atoms with Crippen LogP contribution in [0.5, 0.6) is 0 Å². The lowest BCUT2D eigenvalue weighted by Gasteiger charge is -2.32. The molecule has 0 aliphatic carbocycles. The molecule has 0 saturated carbocycles. The number of amidine groups is 1. The lowest BCUT2D eigenvalue weighted by atomic mass is 10.0. The molecule has 1 atom stereocenters. The second-order valence-electron chi connectivity index (χ2n) is 8.96. The smallest absolute Gasteiger partial charge is 0.253 e. The van der Waals surface area contributed by atoms with E-state index in [1.165, 1.54) is 4.90 Å². The minimum atomic E-state index is -1.59. The van der Waals surface area contributed by atoms with Crippen molar-refractivity contribution in [2.45, 2.75) is 45.3 Å². The molecule has 36 heavy (non-hydrogen) atoms. The van der Waals surface area contributed by atoms with Crippen LogP contribution < -0.4 is 20.9 Å². The minimum Gasteiger partial charge on any atom is -0.444 e. The molecule has 1 saturated heterocycles. The summed E-state index contributed by atoms with van der Waals surface area (Å²) in [6, 6.07) is 10.5. The van der Waals surface area contributed by atoms with Crippen LogP contribution in [0.4, 0.5) is 17.1 Å². The second kappa shape index (κ2) is 10.9. The molecule has 0 radical (unpaired) electrons. The Morgan fingerprint density at radius 2 is 2.03 bits per heavy atom. The molecule has 0 spiro atoms. The monoisotopic (exact) mass is 494 g/mol. The largest absolute Gasteiger partial charge is 0.444 e. The molecule has 4 rings (SSSR count). The molecule has 0 unspecified atom stereocenters. The van der Waals surface area contributed by atoms with Crippen LogP contribution in [0.3, 0.4) is 0 Å². The number of hydrogen-bond acceptors (Lipinski definition) is 6. The maximum Gasteiger partial charge on any atom is 0.253 e. The zero-order valence-electron chi connectivity index (χ0n) is 20.3. The SMILES string of the molecule is Cc1c(NC(=O)[C@H](O)CC(=O)N(CC[OH2+])c2ccccc2N2CCCCC2=O)ccc2c1CN=C2N. The molecule has 2 aliphatic heterocycles. The summed E-state index contributed by atoms with van der Waals surface area (Å²) in [5.74, 6) is -0.766. The molecule has 190 valence electrons. The Morgan fingerprint density at radius 1 is 1.25 bits per heavy atom. The number of piperidine rings is 1. The number of carbonyl (C=O) groups excluding carboxylic acids is 3. The predicted molar refractivity (Wildman–Crippen MR) is 138 cm³/mol. The second-order valence-corrected chi connectivity index (χ2v) is 8.96. The molecule has 10 heteroatoms.